The Labute approximate surface area is 125 Å². The smallest absolute Gasteiger partial charge is 0.0472 e. The Hall–Kier alpha value is -0.120. The first-order chi connectivity index (χ1) is 9.61. The first-order valence-corrected chi connectivity index (χ1v) is 8.63. The topological polar surface area (TPSA) is 24.5 Å². The van der Waals surface area contributed by atoms with Crippen molar-refractivity contribution in [2.45, 2.75) is 70.9 Å². The van der Waals surface area contributed by atoms with Crippen molar-refractivity contribution in [1.29, 1.82) is 0 Å². The van der Waals surface area contributed by atoms with Gasteiger partial charge in [-0.3, -0.25) is 0 Å². The van der Waals surface area contributed by atoms with E-state index in [9.17, 15) is 0 Å². The molecule has 1 aliphatic heterocycles. The molecule has 2 fully saturated rings. The van der Waals surface area contributed by atoms with E-state index < -0.39 is 0 Å². The Balaban J connectivity index is 1.91. The van der Waals surface area contributed by atoms with Crippen LogP contribution in [0.5, 0.6) is 0 Å². The molecule has 1 N–H and O–H groups in total. The van der Waals surface area contributed by atoms with Gasteiger partial charge in [0.05, 0.1) is 0 Å². The van der Waals surface area contributed by atoms with Gasteiger partial charge in [-0.15, -0.1) is 0 Å². The van der Waals surface area contributed by atoms with Crippen LogP contribution in [0.15, 0.2) is 0 Å². The Morgan fingerprint density at radius 1 is 1.15 bits per heavy atom. The van der Waals surface area contributed by atoms with Crippen LogP contribution in [-0.4, -0.2) is 50.3 Å². The van der Waals surface area contributed by atoms with Crippen LogP contribution in [0.3, 0.4) is 0 Å². The van der Waals surface area contributed by atoms with Gasteiger partial charge < -0.3 is 15.0 Å². The summed E-state index contributed by atoms with van der Waals surface area (Å²) in [6, 6.07) is 1.40. The first-order valence-electron chi connectivity index (χ1n) is 8.63. The molecule has 1 saturated carbocycles. The number of rotatable bonds is 6. The SMILES string of the molecule is CC(C)NCC1(CN(C)C2CCCCC2)CCOCC1. The molecule has 2 rings (SSSR count). The molecule has 1 aliphatic carbocycles. The second-order valence-electron chi connectivity index (χ2n) is 7.35. The van der Waals surface area contributed by atoms with Gasteiger partial charge in [-0.25, -0.2) is 0 Å². The van der Waals surface area contributed by atoms with E-state index >= 15 is 0 Å². The minimum Gasteiger partial charge on any atom is -0.381 e. The maximum Gasteiger partial charge on any atom is 0.0472 e. The van der Waals surface area contributed by atoms with Crippen LogP contribution in [0.1, 0.15) is 58.8 Å². The molecule has 0 atom stereocenters. The lowest BCUT2D eigenvalue weighted by Gasteiger charge is -2.43. The highest BCUT2D eigenvalue weighted by Crippen LogP contribution is 2.33. The molecule has 3 heteroatoms. The van der Waals surface area contributed by atoms with Gasteiger partial charge in [0, 0.05) is 38.4 Å². The third-order valence-electron chi connectivity index (χ3n) is 5.22. The average Bonchev–Trinajstić information content (AvgIpc) is 2.47. The van der Waals surface area contributed by atoms with E-state index in [4.69, 9.17) is 4.74 Å². The number of nitrogens with one attached hydrogen (secondary N) is 1. The summed E-state index contributed by atoms with van der Waals surface area (Å²) in [4.78, 5) is 2.66. The third kappa shape index (κ3) is 4.71. The van der Waals surface area contributed by atoms with E-state index in [0.29, 0.717) is 11.5 Å². The van der Waals surface area contributed by atoms with E-state index in [0.717, 1.165) is 25.8 Å². The van der Waals surface area contributed by atoms with Gasteiger partial charge in [0.2, 0.25) is 0 Å². The summed E-state index contributed by atoms with van der Waals surface area (Å²) < 4.78 is 5.61. The molecule has 1 saturated heterocycles. The average molecular weight is 282 g/mol. The summed E-state index contributed by atoms with van der Waals surface area (Å²) in [5, 5.41) is 3.68. The van der Waals surface area contributed by atoms with Gasteiger partial charge >= 0.3 is 0 Å². The molecule has 118 valence electrons. The lowest BCUT2D eigenvalue weighted by Crippen LogP contribution is -2.50. The predicted octanol–water partition coefficient (Wildman–Crippen LogP) is 3.05. The molecular weight excluding hydrogens is 248 g/mol. The number of ether oxygens (including phenoxy) is 1. The van der Waals surface area contributed by atoms with E-state index in [-0.39, 0.29) is 0 Å². The highest BCUT2D eigenvalue weighted by molar-refractivity contribution is 4.89. The molecule has 0 aromatic heterocycles. The second-order valence-corrected chi connectivity index (χ2v) is 7.35. The molecule has 0 aromatic carbocycles. The summed E-state index contributed by atoms with van der Waals surface area (Å²) in [7, 11) is 2.35. The van der Waals surface area contributed by atoms with E-state index in [2.05, 4.69) is 31.1 Å². The molecule has 2 aliphatic rings. The van der Waals surface area contributed by atoms with Gasteiger partial charge in [0.25, 0.3) is 0 Å². The highest BCUT2D eigenvalue weighted by Gasteiger charge is 2.35. The predicted molar refractivity (Wildman–Crippen MR) is 85.1 cm³/mol. The maximum atomic E-state index is 5.61. The van der Waals surface area contributed by atoms with Crippen molar-refractivity contribution in [3.63, 3.8) is 0 Å². The number of nitrogens with zero attached hydrogens (tertiary/aromatic N) is 1. The van der Waals surface area contributed by atoms with Crippen molar-refractivity contribution in [1.82, 2.24) is 10.2 Å². The molecular formula is C17H34N2O. The van der Waals surface area contributed by atoms with Crippen LogP contribution in [0, 0.1) is 5.41 Å². The largest absolute Gasteiger partial charge is 0.381 e. The quantitative estimate of drug-likeness (QED) is 0.810. The normalized spacial score (nSPS) is 24.4. The van der Waals surface area contributed by atoms with Gasteiger partial charge in [0.15, 0.2) is 0 Å². The number of hydrogen-bond donors (Lipinski definition) is 1. The Kier molecular flexibility index (Phi) is 6.31. The van der Waals surface area contributed by atoms with Crippen molar-refractivity contribution >= 4 is 0 Å². The van der Waals surface area contributed by atoms with Crippen LogP contribution >= 0.6 is 0 Å². The second kappa shape index (κ2) is 7.77. The summed E-state index contributed by atoms with van der Waals surface area (Å²) in [6.07, 6.45) is 9.53. The summed E-state index contributed by atoms with van der Waals surface area (Å²) in [5.41, 5.74) is 0.425. The molecule has 20 heavy (non-hydrogen) atoms. The lowest BCUT2D eigenvalue weighted by molar-refractivity contribution is -0.0101. The van der Waals surface area contributed by atoms with Crippen LogP contribution in [0.25, 0.3) is 0 Å². The summed E-state index contributed by atoms with van der Waals surface area (Å²) >= 11 is 0. The van der Waals surface area contributed by atoms with Crippen molar-refractivity contribution in [3.05, 3.63) is 0 Å². The molecule has 3 nitrogen and oxygen atoms in total. The van der Waals surface area contributed by atoms with Crippen LogP contribution in [-0.2, 0) is 4.74 Å². The fourth-order valence-corrected chi connectivity index (χ4v) is 3.80. The molecule has 0 bridgehead atoms. The Morgan fingerprint density at radius 3 is 2.40 bits per heavy atom. The minimum atomic E-state index is 0.425. The van der Waals surface area contributed by atoms with Gasteiger partial charge in [0.1, 0.15) is 0 Å². The van der Waals surface area contributed by atoms with Crippen LogP contribution in [0.2, 0.25) is 0 Å². The zero-order valence-electron chi connectivity index (χ0n) is 13.8. The lowest BCUT2D eigenvalue weighted by atomic mass is 9.78. The Bertz CT molecular complexity index is 268. The van der Waals surface area contributed by atoms with Crippen LogP contribution < -0.4 is 5.32 Å². The zero-order valence-corrected chi connectivity index (χ0v) is 13.8. The monoisotopic (exact) mass is 282 g/mol. The van der Waals surface area contributed by atoms with E-state index in [1.165, 1.54) is 51.5 Å². The zero-order chi connectivity index (χ0) is 14.4. The summed E-state index contributed by atoms with van der Waals surface area (Å²) in [6.45, 7) is 8.76. The number of hydrogen-bond acceptors (Lipinski definition) is 3. The minimum absolute atomic E-state index is 0.425. The molecule has 0 aromatic rings. The van der Waals surface area contributed by atoms with Gasteiger partial charge in [-0.05, 0) is 38.1 Å². The van der Waals surface area contributed by atoms with Crippen molar-refractivity contribution in [2.24, 2.45) is 5.41 Å². The molecule has 1 heterocycles. The van der Waals surface area contributed by atoms with Gasteiger partial charge in [-0.1, -0.05) is 33.1 Å². The summed E-state index contributed by atoms with van der Waals surface area (Å²) in [5.74, 6) is 0. The van der Waals surface area contributed by atoms with Crippen molar-refractivity contribution < 1.29 is 4.74 Å². The molecule has 0 spiro atoms. The fourth-order valence-electron chi connectivity index (χ4n) is 3.80. The van der Waals surface area contributed by atoms with E-state index in [1.807, 2.05) is 0 Å². The standard InChI is InChI=1S/C17H34N2O/c1-15(2)18-13-17(9-11-20-12-10-17)14-19(3)16-7-5-4-6-8-16/h15-16,18H,4-14H2,1-3H3. The fraction of sp³-hybridized carbons (Fsp3) is 1.00. The third-order valence-corrected chi connectivity index (χ3v) is 5.22. The van der Waals surface area contributed by atoms with Gasteiger partial charge in [-0.2, -0.15) is 0 Å². The maximum absolute atomic E-state index is 5.61. The highest BCUT2D eigenvalue weighted by atomic mass is 16.5. The van der Waals surface area contributed by atoms with E-state index in [1.54, 1.807) is 0 Å². The van der Waals surface area contributed by atoms with Crippen molar-refractivity contribution in [3.8, 4) is 0 Å². The van der Waals surface area contributed by atoms with Crippen LogP contribution in [0.4, 0.5) is 0 Å². The first kappa shape index (κ1) is 16.3. The Morgan fingerprint density at radius 2 is 1.80 bits per heavy atom. The molecule has 0 unspecified atom stereocenters. The molecule has 0 amide bonds. The molecule has 0 radical (unpaired) electrons. The van der Waals surface area contributed by atoms with Crippen molar-refractivity contribution in [2.75, 3.05) is 33.4 Å².